The quantitative estimate of drug-likeness (QED) is 0.788. The largest absolute Gasteiger partial charge is 0.469 e. The van der Waals surface area contributed by atoms with Crippen LogP contribution in [0, 0.1) is 6.92 Å². The van der Waals surface area contributed by atoms with Gasteiger partial charge in [0.15, 0.2) is 0 Å². The minimum atomic E-state index is -3.31. The fraction of sp³-hybridized carbons (Fsp3) is 0.643. The molecule has 2 aliphatic rings. The van der Waals surface area contributed by atoms with Crippen LogP contribution in [0.2, 0.25) is 0 Å². The number of fused-ring (bicyclic) bond motifs is 1. The summed E-state index contributed by atoms with van der Waals surface area (Å²) in [5, 5.41) is 0. The van der Waals surface area contributed by atoms with Gasteiger partial charge in [0.05, 0.1) is 36.8 Å². The Balaban J connectivity index is 1.80. The molecule has 0 unspecified atom stereocenters. The first-order valence-corrected chi connectivity index (χ1v) is 9.14. The molecule has 8 heteroatoms. The standard InChI is InChI=1S/C14H20N2O5S/c1-10-11(4-7-20-10)14(17)15-5-3-13-12(9-15)16(6-8-21-13)22(2,18)19/h4,7,12-13H,3,5-6,8-9H2,1-2H3/t12-,13-/m0/s1. The van der Waals surface area contributed by atoms with Gasteiger partial charge in [-0.15, -0.1) is 0 Å². The summed E-state index contributed by atoms with van der Waals surface area (Å²) in [6.07, 6.45) is 3.19. The SMILES string of the molecule is Cc1occc1C(=O)N1CC[C@@H]2OCCN(S(C)(=O)=O)[C@H]2C1. The zero-order chi connectivity index (χ0) is 15.9. The summed E-state index contributed by atoms with van der Waals surface area (Å²) in [4.78, 5) is 14.3. The highest BCUT2D eigenvalue weighted by molar-refractivity contribution is 7.88. The molecular formula is C14H20N2O5S. The third kappa shape index (κ3) is 2.78. The van der Waals surface area contributed by atoms with Gasteiger partial charge in [-0.2, -0.15) is 4.31 Å². The molecule has 7 nitrogen and oxygen atoms in total. The maximum absolute atomic E-state index is 12.6. The molecule has 122 valence electrons. The van der Waals surface area contributed by atoms with Gasteiger partial charge in [0.2, 0.25) is 10.0 Å². The molecule has 0 spiro atoms. The molecule has 0 saturated carbocycles. The second kappa shape index (κ2) is 5.68. The van der Waals surface area contributed by atoms with Gasteiger partial charge in [0.25, 0.3) is 5.91 Å². The minimum Gasteiger partial charge on any atom is -0.469 e. The molecule has 1 amide bonds. The van der Waals surface area contributed by atoms with Crippen LogP contribution in [0.4, 0.5) is 0 Å². The molecule has 0 aromatic carbocycles. The Morgan fingerprint density at radius 1 is 1.36 bits per heavy atom. The lowest BCUT2D eigenvalue weighted by atomic mass is 10.00. The van der Waals surface area contributed by atoms with Crippen molar-refractivity contribution in [2.24, 2.45) is 0 Å². The number of amides is 1. The van der Waals surface area contributed by atoms with E-state index in [-0.39, 0.29) is 18.1 Å². The fourth-order valence-corrected chi connectivity index (χ4v) is 4.31. The van der Waals surface area contributed by atoms with E-state index < -0.39 is 10.0 Å². The van der Waals surface area contributed by atoms with Gasteiger partial charge in [-0.25, -0.2) is 8.42 Å². The van der Waals surface area contributed by atoms with Gasteiger partial charge >= 0.3 is 0 Å². The Morgan fingerprint density at radius 2 is 2.14 bits per heavy atom. The van der Waals surface area contributed by atoms with E-state index in [1.165, 1.54) is 16.8 Å². The van der Waals surface area contributed by atoms with Crippen molar-refractivity contribution in [3.8, 4) is 0 Å². The number of likely N-dealkylation sites (tertiary alicyclic amines) is 1. The van der Waals surface area contributed by atoms with E-state index >= 15 is 0 Å². The maximum atomic E-state index is 12.6. The van der Waals surface area contributed by atoms with Crippen molar-refractivity contribution >= 4 is 15.9 Å². The van der Waals surface area contributed by atoms with Crippen LogP contribution in [0.5, 0.6) is 0 Å². The average molecular weight is 328 g/mol. The molecule has 0 N–H and O–H groups in total. The number of hydrogen-bond donors (Lipinski definition) is 0. The summed E-state index contributed by atoms with van der Waals surface area (Å²) in [5.74, 6) is 0.454. The molecule has 0 aliphatic carbocycles. The van der Waals surface area contributed by atoms with Crippen LogP contribution >= 0.6 is 0 Å². The van der Waals surface area contributed by atoms with E-state index in [0.29, 0.717) is 44.0 Å². The second-order valence-corrected chi connectivity index (χ2v) is 7.72. The number of aryl methyl sites for hydroxylation is 1. The van der Waals surface area contributed by atoms with Crippen LogP contribution in [-0.4, -0.2) is 68.2 Å². The van der Waals surface area contributed by atoms with E-state index in [1.54, 1.807) is 17.9 Å². The normalized spacial score (nSPS) is 26.7. The highest BCUT2D eigenvalue weighted by Gasteiger charge is 2.42. The van der Waals surface area contributed by atoms with E-state index in [1.807, 2.05) is 0 Å². The first-order chi connectivity index (χ1) is 10.4. The number of hydrogen-bond acceptors (Lipinski definition) is 5. The third-order valence-corrected chi connectivity index (χ3v) is 5.64. The number of ether oxygens (including phenoxy) is 1. The molecular weight excluding hydrogens is 308 g/mol. The predicted molar refractivity (Wildman–Crippen MR) is 79.0 cm³/mol. The fourth-order valence-electron chi connectivity index (χ4n) is 3.21. The van der Waals surface area contributed by atoms with Crippen molar-refractivity contribution in [3.05, 3.63) is 23.7 Å². The van der Waals surface area contributed by atoms with Gasteiger partial charge in [-0.3, -0.25) is 4.79 Å². The van der Waals surface area contributed by atoms with E-state index in [9.17, 15) is 13.2 Å². The van der Waals surface area contributed by atoms with Gasteiger partial charge in [-0.1, -0.05) is 0 Å². The zero-order valence-electron chi connectivity index (χ0n) is 12.7. The average Bonchev–Trinajstić information content (AvgIpc) is 2.90. The molecule has 2 saturated heterocycles. The zero-order valence-corrected chi connectivity index (χ0v) is 13.5. The van der Waals surface area contributed by atoms with Crippen molar-refractivity contribution in [1.82, 2.24) is 9.21 Å². The molecule has 3 rings (SSSR count). The molecule has 2 atom stereocenters. The van der Waals surface area contributed by atoms with Gasteiger partial charge in [0.1, 0.15) is 5.76 Å². The smallest absolute Gasteiger partial charge is 0.257 e. The molecule has 1 aromatic heterocycles. The number of piperidine rings is 1. The van der Waals surface area contributed by atoms with Crippen LogP contribution in [0.15, 0.2) is 16.7 Å². The van der Waals surface area contributed by atoms with Gasteiger partial charge in [0, 0.05) is 19.6 Å². The molecule has 0 radical (unpaired) electrons. The van der Waals surface area contributed by atoms with Crippen LogP contribution in [-0.2, 0) is 14.8 Å². The summed E-state index contributed by atoms with van der Waals surface area (Å²) in [6.45, 7) is 3.39. The lowest BCUT2D eigenvalue weighted by Gasteiger charge is -2.45. The molecule has 0 bridgehead atoms. The molecule has 3 heterocycles. The first kappa shape index (κ1) is 15.5. The number of morpholine rings is 1. The Morgan fingerprint density at radius 3 is 2.77 bits per heavy atom. The predicted octanol–water partition coefficient (Wildman–Crippen LogP) is 0.463. The number of nitrogens with zero attached hydrogens (tertiary/aromatic N) is 2. The Labute approximate surface area is 129 Å². The summed E-state index contributed by atoms with van der Waals surface area (Å²) in [7, 11) is -3.31. The van der Waals surface area contributed by atoms with Crippen LogP contribution in [0.3, 0.4) is 0 Å². The Bertz CT molecular complexity index is 669. The lowest BCUT2D eigenvalue weighted by molar-refractivity contribution is -0.0704. The number of sulfonamides is 1. The van der Waals surface area contributed by atoms with Crippen molar-refractivity contribution in [3.63, 3.8) is 0 Å². The van der Waals surface area contributed by atoms with Crippen molar-refractivity contribution in [2.75, 3.05) is 32.5 Å². The number of carbonyl (C=O) groups excluding carboxylic acids is 1. The van der Waals surface area contributed by atoms with E-state index in [4.69, 9.17) is 9.15 Å². The second-order valence-electron chi connectivity index (χ2n) is 5.78. The third-order valence-electron chi connectivity index (χ3n) is 4.34. The van der Waals surface area contributed by atoms with E-state index in [0.717, 1.165) is 0 Å². The summed E-state index contributed by atoms with van der Waals surface area (Å²) < 4.78 is 36.2. The first-order valence-electron chi connectivity index (χ1n) is 7.29. The molecule has 22 heavy (non-hydrogen) atoms. The number of furan rings is 1. The molecule has 2 fully saturated rings. The van der Waals surface area contributed by atoms with Gasteiger partial charge in [-0.05, 0) is 19.4 Å². The topological polar surface area (TPSA) is 80.1 Å². The van der Waals surface area contributed by atoms with Crippen LogP contribution in [0.1, 0.15) is 22.5 Å². The van der Waals surface area contributed by atoms with Gasteiger partial charge < -0.3 is 14.1 Å². The van der Waals surface area contributed by atoms with Crippen molar-refractivity contribution in [1.29, 1.82) is 0 Å². The maximum Gasteiger partial charge on any atom is 0.257 e. The summed E-state index contributed by atoms with van der Waals surface area (Å²) in [6, 6.07) is 1.34. The number of carbonyl (C=O) groups is 1. The van der Waals surface area contributed by atoms with Crippen LogP contribution in [0.25, 0.3) is 0 Å². The Kier molecular flexibility index (Phi) is 4.00. The number of rotatable bonds is 2. The summed E-state index contributed by atoms with van der Waals surface area (Å²) >= 11 is 0. The van der Waals surface area contributed by atoms with Crippen molar-refractivity contribution < 1.29 is 22.4 Å². The Hall–Kier alpha value is -1.38. The highest BCUT2D eigenvalue weighted by atomic mass is 32.2. The molecule has 2 aliphatic heterocycles. The highest BCUT2D eigenvalue weighted by Crippen LogP contribution is 2.26. The van der Waals surface area contributed by atoms with Crippen molar-refractivity contribution in [2.45, 2.75) is 25.5 Å². The molecule has 1 aromatic rings. The lowest BCUT2D eigenvalue weighted by Crippen LogP contribution is -2.61. The van der Waals surface area contributed by atoms with Crippen LogP contribution < -0.4 is 0 Å². The van der Waals surface area contributed by atoms with E-state index in [2.05, 4.69) is 0 Å². The monoisotopic (exact) mass is 328 g/mol. The minimum absolute atomic E-state index is 0.122. The summed E-state index contributed by atoms with van der Waals surface area (Å²) in [5.41, 5.74) is 0.529.